The molecule has 0 fully saturated rings. The van der Waals surface area contributed by atoms with Crippen LogP contribution in [-0.2, 0) is 14.9 Å². The van der Waals surface area contributed by atoms with Crippen molar-refractivity contribution in [3.63, 3.8) is 0 Å². The van der Waals surface area contributed by atoms with Gasteiger partial charge in [0.25, 0.3) is 0 Å². The van der Waals surface area contributed by atoms with Crippen LogP contribution in [-0.4, -0.2) is 44.9 Å². The second-order valence-corrected chi connectivity index (χ2v) is 5.88. The summed E-state index contributed by atoms with van der Waals surface area (Å²) in [6.07, 6.45) is 1.55. The molecule has 2 aromatic heterocycles. The van der Waals surface area contributed by atoms with Gasteiger partial charge in [-0.1, -0.05) is 0 Å². The maximum atomic E-state index is 12.2. The summed E-state index contributed by atoms with van der Waals surface area (Å²) in [6, 6.07) is 3.58. The van der Waals surface area contributed by atoms with Crippen LogP contribution in [0, 0.1) is 0 Å². The third-order valence-electron chi connectivity index (χ3n) is 3.23. The number of carbonyl (C=O) groups is 1. The Kier molecular flexibility index (Phi) is 4.65. The van der Waals surface area contributed by atoms with E-state index in [4.69, 9.17) is 9.84 Å². The first-order valence-corrected chi connectivity index (χ1v) is 7.27. The summed E-state index contributed by atoms with van der Waals surface area (Å²) < 4.78 is 6.90. The molecule has 0 bridgehead atoms. The third kappa shape index (κ3) is 3.36. The van der Waals surface area contributed by atoms with E-state index >= 15 is 0 Å². The zero-order valence-corrected chi connectivity index (χ0v) is 13.3. The molecule has 22 heavy (non-hydrogen) atoms. The molecule has 0 atom stereocenters. The molecule has 2 heterocycles. The molecule has 0 radical (unpaired) electrons. The molecule has 0 unspecified atom stereocenters. The Morgan fingerprint density at radius 1 is 1.45 bits per heavy atom. The average molecular weight is 306 g/mol. The molecule has 0 aliphatic rings. The van der Waals surface area contributed by atoms with Gasteiger partial charge in [0.1, 0.15) is 11.2 Å². The number of aliphatic hydroxyl groups is 1. The van der Waals surface area contributed by atoms with Crippen LogP contribution in [0.1, 0.15) is 33.4 Å². The quantitative estimate of drug-likeness (QED) is 0.783. The predicted molar refractivity (Wildman–Crippen MR) is 82.8 cm³/mol. The number of anilines is 1. The van der Waals surface area contributed by atoms with Crippen molar-refractivity contribution in [1.82, 2.24) is 14.6 Å². The number of imidazole rings is 1. The first-order valence-electron chi connectivity index (χ1n) is 7.27. The van der Waals surface area contributed by atoms with Gasteiger partial charge in [0, 0.05) is 6.54 Å². The van der Waals surface area contributed by atoms with Crippen molar-refractivity contribution < 1.29 is 14.6 Å². The van der Waals surface area contributed by atoms with E-state index in [1.807, 2.05) is 13.8 Å². The van der Waals surface area contributed by atoms with Gasteiger partial charge in [-0.25, -0.2) is 9.50 Å². The molecule has 2 aromatic rings. The minimum atomic E-state index is -0.851. The van der Waals surface area contributed by atoms with Crippen LogP contribution in [0.5, 0.6) is 0 Å². The average Bonchev–Trinajstić information content (AvgIpc) is 2.88. The number of aliphatic hydroxyl groups excluding tert-OH is 1. The van der Waals surface area contributed by atoms with Crippen molar-refractivity contribution in [3.05, 3.63) is 24.0 Å². The number of fused-ring (bicyclic) bond motifs is 1. The number of carbonyl (C=O) groups excluding carboxylic acids is 1. The van der Waals surface area contributed by atoms with E-state index in [9.17, 15) is 4.79 Å². The van der Waals surface area contributed by atoms with Crippen LogP contribution in [0.3, 0.4) is 0 Å². The topological polar surface area (TPSA) is 88.8 Å². The Bertz CT molecular complexity index is 664. The van der Waals surface area contributed by atoms with Gasteiger partial charge in [0.15, 0.2) is 5.65 Å². The standard InChI is InChI=1S/C15H22N4O3/c1-10(2)22-14(21)15(3,4)11-9-19-13(17-11)6-5-12(18-19)16-7-8-20/h5-6,9-10,20H,7-8H2,1-4H3,(H,16,18). The number of nitrogens with zero attached hydrogens (tertiary/aromatic N) is 3. The minimum absolute atomic E-state index is 0.0307. The zero-order chi connectivity index (χ0) is 16.3. The molecular formula is C15H22N4O3. The lowest BCUT2D eigenvalue weighted by molar-refractivity contribution is -0.153. The van der Waals surface area contributed by atoms with Gasteiger partial charge in [0.05, 0.1) is 24.6 Å². The van der Waals surface area contributed by atoms with E-state index in [0.29, 0.717) is 23.7 Å². The van der Waals surface area contributed by atoms with Crippen molar-refractivity contribution >= 4 is 17.4 Å². The van der Waals surface area contributed by atoms with Gasteiger partial charge in [0.2, 0.25) is 0 Å². The fourth-order valence-corrected chi connectivity index (χ4v) is 1.93. The van der Waals surface area contributed by atoms with Crippen LogP contribution in [0.2, 0.25) is 0 Å². The number of ether oxygens (including phenoxy) is 1. The van der Waals surface area contributed by atoms with Crippen molar-refractivity contribution in [1.29, 1.82) is 0 Å². The van der Waals surface area contributed by atoms with Crippen molar-refractivity contribution in [2.24, 2.45) is 0 Å². The molecule has 7 nitrogen and oxygen atoms in total. The first-order chi connectivity index (χ1) is 10.3. The van der Waals surface area contributed by atoms with Crippen molar-refractivity contribution in [2.75, 3.05) is 18.5 Å². The fourth-order valence-electron chi connectivity index (χ4n) is 1.93. The molecule has 0 saturated heterocycles. The number of aromatic nitrogens is 3. The highest BCUT2D eigenvalue weighted by molar-refractivity contribution is 5.81. The van der Waals surface area contributed by atoms with Crippen LogP contribution in [0.25, 0.3) is 5.65 Å². The summed E-state index contributed by atoms with van der Waals surface area (Å²) in [5, 5.41) is 16.2. The van der Waals surface area contributed by atoms with Gasteiger partial charge >= 0.3 is 5.97 Å². The normalized spacial score (nSPS) is 11.9. The van der Waals surface area contributed by atoms with E-state index in [0.717, 1.165) is 0 Å². The molecule has 2 N–H and O–H groups in total. The molecule has 0 amide bonds. The number of hydrogen-bond donors (Lipinski definition) is 2. The fraction of sp³-hybridized carbons (Fsp3) is 0.533. The molecule has 0 aromatic carbocycles. The highest BCUT2D eigenvalue weighted by Gasteiger charge is 2.35. The van der Waals surface area contributed by atoms with Gasteiger partial charge in [-0.15, -0.1) is 5.10 Å². The molecular weight excluding hydrogens is 284 g/mol. The smallest absolute Gasteiger partial charge is 0.317 e. The Balaban J connectivity index is 2.30. The maximum Gasteiger partial charge on any atom is 0.317 e. The van der Waals surface area contributed by atoms with E-state index in [1.54, 1.807) is 36.7 Å². The highest BCUT2D eigenvalue weighted by Crippen LogP contribution is 2.25. The SMILES string of the molecule is CC(C)OC(=O)C(C)(C)c1cn2nc(NCCO)ccc2n1. The molecule has 0 aliphatic heterocycles. The largest absolute Gasteiger partial charge is 0.462 e. The summed E-state index contributed by atoms with van der Waals surface area (Å²) in [7, 11) is 0. The third-order valence-corrected chi connectivity index (χ3v) is 3.23. The first kappa shape index (κ1) is 16.2. The summed E-state index contributed by atoms with van der Waals surface area (Å²) in [6.45, 7) is 7.65. The molecule has 0 saturated carbocycles. The lowest BCUT2D eigenvalue weighted by Crippen LogP contribution is -2.33. The van der Waals surface area contributed by atoms with Gasteiger partial charge in [-0.05, 0) is 39.8 Å². The number of hydrogen-bond acceptors (Lipinski definition) is 6. The lowest BCUT2D eigenvalue weighted by Gasteiger charge is -2.21. The number of nitrogens with one attached hydrogen (secondary N) is 1. The lowest BCUT2D eigenvalue weighted by atomic mass is 9.90. The van der Waals surface area contributed by atoms with E-state index in [2.05, 4.69) is 15.4 Å². The second-order valence-electron chi connectivity index (χ2n) is 5.88. The molecule has 120 valence electrons. The predicted octanol–water partition coefficient (Wildman–Crippen LogP) is 1.36. The van der Waals surface area contributed by atoms with Gasteiger partial charge < -0.3 is 15.2 Å². The van der Waals surface area contributed by atoms with Crippen molar-refractivity contribution in [2.45, 2.75) is 39.2 Å². The van der Waals surface area contributed by atoms with Crippen LogP contribution in [0.4, 0.5) is 5.82 Å². The Hall–Kier alpha value is -2.15. The van der Waals surface area contributed by atoms with Crippen molar-refractivity contribution in [3.8, 4) is 0 Å². The summed E-state index contributed by atoms with van der Waals surface area (Å²) >= 11 is 0. The molecule has 0 spiro atoms. The highest BCUT2D eigenvalue weighted by atomic mass is 16.5. The number of rotatable bonds is 6. The molecule has 2 rings (SSSR count). The van der Waals surface area contributed by atoms with E-state index in [-0.39, 0.29) is 18.7 Å². The Labute approximate surface area is 129 Å². The second kappa shape index (κ2) is 6.31. The number of esters is 1. The molecule has 7 heteroatoms. The van der Waals surface area contributed by atoms with Gasteiger partial charge in [-0.3, -0.25) is 4.79 Å². The Morgan fingerprint density at radius 2 is 2.18 bits per heavy atom. The summed E-state index contributed by atoms with van der Waals surface area (Å²) in [4.78, 5) is 16.7. The van der Waals surface area contributed by atoms with Gasteiger partial charge in [-0.2, -0.15) is 0 Å². The van der Waals surface area contributed by atoms with Crippen LogP contribution in [0.15, 0.2) is 18.3 Å². The Morgan fingerprint density at radius 3 is 2.82 bits per heavy atom. The minimum Gasteiger partial charge on any atom is -0.462 e. The maximum absolute atomic E-state index is 12.2. The van der Waals surface area contributed by atoms with E-state index in [1.165, 1.54) is 0 Å². The molecule has 0 aliphatic carbocycles. The van der Waals surface area contributed by atoms with E-state index < -0.39 is 5.41 Å². The monoisotopic (exact) mass is 306 g/mol. The van der Waals surface area contributed by atoms with Crippen LogP contribution >= 0.6 is 0 Å². The summed E-state index contributed by atoms with van der Waals surface area (Å²) in [5.41, 5.74) is 0.399. The van der Waals surface area contributed by atoms with Crippen LogP contribution < -0.4 is 5.32 Å². The summed E-state index contributed by atoms with van der Waals surface area (Å²) in [5.74, 6) is 0.317. The zero-order valence-electron chi connectivity index (χ0n) is 13.3.